The molecule has 1 aliphatic carbocycles. The van der Waals surface area contributed by atoms with Gasteiger partial charge in [0, 0.05) is 32.6 Å². The minimum atomic E-state index is 0.0381. The van der Waals surface area contributed by atoms with Crippen LogP contribution in [0.1, 0.15) is 42.9 Å². The van der Waals surface area contributed by atoms with Crippen molar-refractivity contribution in [3.05, 3.63) is 34.9 Å². The molecule has 1 amide bonds. The Morgan fingerprint density at radius 1 is 1.25 bits per heavy atom. The summed E-state index contributed by atoms with van der Waals surface area (Å²) in [5, 5.41) is 2.88. The van der Waals surface area contributed by atoms with Crippen molar-refractivity contribution < 1.29 is 4.79 Å². The van der Waals surface area contributed by atoms with Crippen LogP contribution in [-0.4, -0.2) is 29.9 Å². The lowest BCUT2D eigenvalue weighted by molar-refractivity contribution is -0.119. The van der Waals surface area contributed by atoms with Crippen LogP contribution in [0.5, 0.6) is 0 Å². The number of rotatable bonds is 3. The Morgan fingerprint density at radius 2 is 2.00 bits per heavy atom. The molecule has 3 rings (SSSR count). The molecule has 0 radical (unpaired) electrons. The lowest BCUT2D eigenvalue weighted by Gasteiger charge is -2.36. The predicted octanol–water partition coefficient (Wildman–Crippen LogP) is 2.28. The van der Waals surface area contributed by atoms with Crippen molar-refractivity contribution in [2.75, 3.05) is 13.1 Å². The van der Waals surface area contributed by atoms with Crippen LogP contribution in [0.3, 0.4) is 0 Å². The standard InChI is InChI=1S/C17H24N2O/c1-13(20)18-12-14-5-6-15-7-9-19(17-3-2-4-17)10-8-16(15)11-14/h5-6,11,17H,2-4,7-10,12H2,1H3,(H,18,20). The van der Waals surface area contributed by atoms with Gasteiger partial charge in [0.2, 0.25) is 5.91 Å². The van der Waals surface area contributed by atoms with Crippen LogP contribution in [0.15, 0.2) is 18.2 Å². The van der Waals surface area contributed by atoms with E-state index in [0.29, 0.717) is 6.54 Å². The topological polar surface area (TPSA) is 32.3 Å². The molecule has 1 heterocycles. The van der Waals surface area contributed by atoms with Gasteiger partial charge in [-0.05, 0) is 42.4 Å². The van der Waals surface area contributed by atoms with Crippen molar-refractivity contribution in [2.24, 2.45) is 0 Å². The minimum Gasteiger partial charge on any atom is -0.352 e. The van der Waals surface area contributed by atoms with E-state index in [-0.39, 0.29) is 5.91 Å². The third kappa shape index (κ3) is 3.04. The predicted molar refractivity (Wildman–Crippen MR) is 80.6 cm³/mol. The van der Waals surface area contributed by atoms with Crippen molar-refractivity contribution in [3.8, 4) is 0 Å². The summed E-state index contributed by atoms with van der Waals surface area (Å²) < 4.78 is 0. The fraction of sp³-hybridized carbons (Fsp3) is 0.588. The number of amides is 1. The van der Waals surface area contributed by atoms with Gasteiger partial charge in [-0.25, -0.2) is 0 Å². The first-order valence-corrected chi connectivity index (χ1v) is 7.81. The second kappa shape index (κ2) is 5.96. The van der Waals surface area contributed by atoms with E-state index in [2.05, 4.69) is 28.4 Å². The van der Waals surface area contributed by atoms with Gasteiger partial charge >= 0.3 is 0 Å². The normalized spacial score (nSPS) is 19.9. The first kappa shape index (κ1) is 13.6. The molecule has 0 atom stereocenters. The van der Waals surface area contributed by atoms with Gasteiger partial charge < -0.3 is 5.32 Å². The van der Waals surface area contributed by atoms with E-state index in [1.807, 2.05) is 0 Å². The maximum absolute atomic E-state index is 11.0. The summed E-state index contributed by atoms with van der Waals surface area (Å²) >= 11 is 0. The van der Waals surface area contributed by atoms with E-state index in [1.165, 1.54) is 55.5 Å². The Labute approximate surface area is 121 Å². The summed E-state index contributed by atoms with van der Waals surface area (Å²) in [5.41, 5.74) is 4.20. The Balaban J connectivity index is 1.66. The molecule has 2 aliphatic rings. The number of nitrogens with zero attached hydrogens (tertiary/aromatic N) is 1. The van der Waals surface area contributed by atoms with Crippen molar-refractivity contribution in [1.29, 1.82) is 0 Å². The molecule has 0 aromatic heterocycles. The summed E-state index contributed by atoms with van der Waals surface area (Å²) in [5.74, 6) is 0.0381. The summed E-state index contributed by atoms with van der Waals surface area (Å²) in [7, 11) is 0. The van der Waals surface area contributed by atoms with Crippen LogP contribution in [-0.2, 0) is 24.2 Å². The lowest BCUT2D eigenvalue weighted by Crippen LogP contribution is -2.41. The van der Waals surface area contributed by atoms with Crippen LogP contribution in [0.25, 0.3) is 0 Å². The van der Waals surface area contributed by atoms with Gasteiger partial charge in [0.15, 0.2) is 0 Å². The Hall–Kier alpha value is -1.35. The molecule has 3 heteroatoms. The number of carbonyl (C=O) groups excluding carboxylic acids is 1. The van der Waals surface area contributed by atoms with Gasteiger partial charge in [0.05, 0.1) is 0 Å². The van der Waals surface area contributed by atoms with Gasteiger partial charge in [0.1, 0.15) is 0 Å². The minimum absolute atomic E-state index is 0.0381. The highest BCUT2D eigenvalue weighted by Crippen LogP contribution is 2.27. The summed E-state index contributed by atoms with van der Waals surface area (Å²) in [6, 6.07) is 7.56. The molecule has 108 valence electrons. The molecule has 0 spiro atoms. The van der Waals surface area contributed by atoms with Crippen LogP contribution < -0.4 is 5.32 Å². The number of hydrogen-bond acceptors (Lipinski definition) is 2. The first-order valence-electron chi connectivity index (χ1n) is 7.81. The quantitative estimate of drug-likeness (QED) is 0.915. The molecule has 1 aromatic rings. The summed E-state index contributed by atoms with van der Waals surface area (Å²) in [4.78, 5) is 13.7. The number of carbonyl (C=O) groups is 1. The fourth-order valence-corrected chi connectivity index (χ4v) is 3.25. The molecule has 1 saturated carbocycles. The zero-order chi connectivity index (χ0) is 13.9. The van der Waals surface area contributed by atoms with Gasteiger partial charge in [-0.15, -0.1) is 0 Å². The second-order valence-electron chi connectivity index (χ2n) is 6.13. The molecule has 0 bridgehead atoms. The molecular formula is C17H24N2O. The molecule has 1 N–H and O–H groups in total. The highest BCUT2D eigenvalue weighted by molar-refractivity contribution is 5.72. The van der Waals surface area contributed by atoms with E-state index in [1.54, 1.807) is 6.92 Å². The van der Waals surface area contributed by atoms with E-state index >= 15 is 0 Å². The van der Waals surface area contributed by atoms with Crippen molar-refractivity contribution in [1.82, 2.24) is 10.2 Å². The summed E-state index contributed by atoms with van der Waals surface area (Å²) in [6.07, 6.45) is 6.52. The SMILES string of the molecule is CC(=O)NCc1ccc2c(c1)CCN(C1CCC1)CC2. The zero-order valence-corrected chi connectivity index (χ0v) is 12.3. The molecule has 20 heavy (non-hydrogen) atoms. The van der Waals surface area contributed by atoms with E-state index in [0.717, 1.165) is 12.5 Å². The van der Waals surface area contributed by atoms with Crippen molar-refractivity contribution in [2.45, 2.75) is 51.6 Å². The van der Waals surface area contributed by atoms with Gasteiger partial charge in [0.25, 0.3) is 0 Å². The van der Waals surface area contributed by atoms with E-state index < -0.39 is 0 Å². The Morgan fingerprint density at radius 3 is 2.65 bits per heavy atom. The first-order chi connectivity index (χ1) is 9.72. The average molecular weight is 272 g/mol. The average Bonchev–Trinajstić information content (AvgIpc) is 2.57. The molecule has 3 nitrogen and oxygen atoms in total. The summed E-state index contributed by atoms with van der Waals surface area (Å²) in [6.45, 7) is 4.62. The third-order valence-corrected chi connectivity index (χ3v) is 4.74. The molecule has 1 aromatic carbocycles. The number of fused-ring (bicyclic) bond motifs is 1. The monoisotopic (exact) mass is 272 g/mol. The van der Waals surface area contributed by atoms with Crippen LogP contribution >= 0.6 is 0 Å². The highest BCUT2D eigenvalue weighted by atomic mass is 16.1. The number of benzene rings is 1. The van der Waals surface area contributed by atoms with Crippen LogP contribution in [0, 0.1) is 0 Å². The van der Waals surface area contributed by atoms with Gasteiger partial charge in [-0.3, -0.25) is 9.69 Å². The second-order valence-corrected chi connectivity index (χ2v) is 6.13. The van der Waals surface area contributed by atoms with Crippen molar-refractivity contribution in [3.63, 3.8) is 0 Å². The van der Waals surface area contributed by atoms with E-state index in [4.69, 9.17) is 0 Å². The smallest absolute Gasteiger partial charge is 0.217 e. The Bertz CT molecular complexity index is 494. The zero-order valence-electron chi connectivity index (χ0n) is 12.3. The molecule has 0 unspecified atom stereocenters. The maximum atomic E-state index is 11.0. The molecule has 1 aliphatic heterocycles. The van der Waals surface area contributed by atoms with Crippen LogP contribution in [0.4, 0.5) is 0 Å². The van der Waals surface area contributed by atoms with Gasteiger partial charge in [-0.2, -0.15) is 0 Å². The molecule has 1 fully saturated rings. The number of hydrogen-bond donors (Lipinski definition) is 1. The maximum Gasteiger partial charge on any atom is 0.217 e. The van der Waals surface area contributed by atoms with Gasteiger partial charge in [-0.1, -0.05) is 24.6 Å². The largest absolute Gasteiger partial charge is 0.352 e. The van der Waals surface area contributed by atoms with Crippen LogP contribution in [0.2, 0.25) is 0 Å². The Kier molecular flexibility index (Phi) is 4.06. The van der Waals surface area contributed by atoms with Crippen molar-refractivity contribution >= 4 is 5.91 Å². The van der Waals surface area contributed by atoms with E-state index in [9.17, 15) is 4.79 Å². The molecule has 0 saturated heterocycles. The number of nitrogens with one attached hydrogen (secondary N) is 1. The lowest BCUT2D eigenvalue weighted by atomic mass is 9.91. The highest BCUT2D eigenvalue weighted by Gasteiger charge is 2.26. The fourth-order valence-electron chi connectivity index (χ4n) is 3.25. The molecular weight excluding hydrogens is 248 g/mol. The third-order valence-electron chi connectivity index (χ3n) is 4.74.